The fourth-order valence-corrected chi connectivity index (χ4v) is 4.67. The van der Waals surface area contributed by atoms with E-state index in [9.17, 15) is 31.2 Å². The van der Waals surface area contributed by atoms with E-state index in [-0.39, 0.29) is 17.1 Å². The maximum Gasteiger partial charge on any atom is 0.418 e. The van der Waals surface area contributed by atoms with Gasteiger partial charge in [-0.3, -0.25) is 4.79 Å². The summed E-state index contributed by atoms with van der Waals surface area (Å²) >= 11 is 0. The second-order valence-corrected chi connectivity index (χ2v) is 10.8. The van der Waals surface area contributed by atoms with Crippen LogP contribution >= 0.6 is 0 Å². The summed E-state index contributed by atoms with van der Waals surface area (Å²) in [5.41, 5.74) is 3.65. The summed E-state index contributed by atoms with van der Waals surface area (Å²) in [5.74, 6) is -0.702. The molecule has 9 nitrogen and oxygen atoms in total. The number of nitrogens with two attached hydrogens (primary N) is 2. The fourth-order valence-electron chi connectivity index (χ4n) is 4.11. The number of halogens is 3. The molecular weight excluding hydrogens is 523 g/mol. The first-order valence-electron chi connectivity index (χ1n) is 11.2. The summed E-state index contributed by atoms with van der Waals surface area (Å²) in [6.45, 7) is 2.93. The number of nitrogen functional groups attached to an aromatic ring is 1. The number of hydrogen-bond donors (Lipinski definition) is 3. The number of nitrogens with one attached hydrogen (secondary N) is 1. The molecule has 0 unspecified atom stereocenters. The van der Waals surface area contributed by atoms with Gasteiger partial charge in [-0.05, 0) is 61.9 Å². The molecule has 3 aromatic rings. The molecule has 0 saturated carbocycles. The summed E-state index contributed by atoms with van der Waals surface area (Å²) < 4.78 is 63.7. The van der Waals surface area contributed by atoms with Crippen molar-refractivity contribution in [1.29, 1.82) is 0 Å². The van der Waals surface area contributed by atoms with Gasteiger partial charge in [0.05, 0.1) is 22.7 Å². The topological polar surface area (TPSA) is 139 Å². The first kappa shape index (κ1) is 26.9. The van der Waals surface area contributed by atoms with Crippen molar-refractivity contribution in [1.82, 2.24) is 4.90 Å². The molecule has 3 amide bonds. The molecule has 0 aliphatic carbocycles. The lowest BCUT2D eigenvalue weighted by molar-refractivity contribution is -0.137. The van der Waals surface area contributed by atoms with Crippen molar-refractivity contribution in [2.45, 2.75) is 37.0 Å². The second-order valence-electron chi connectivity index (χ2n) is 9.19. The Balaban J connectivity index is 1.67. The minimum atomic E-state index is -4.77. The van der Waals surface area contributed by atoms with Crippen molar-refractivity contribution in [3.05, 3.63) is 77.9 Å². The number of benzene rings is 3. The molecule has 1 aliphatic rings. The monoisotopic (exact) mass is 547 g/mol. The van der Waals surface area contributed by atoms with Crippen LogP contribution in [-0.4, -0.2) is 30.8 Å². The first-order chi connectivity index (χ1) is 17.6. The molecule has 3 aromatic carbocycles. The Morgan fingerprint density at radius 2 is 1.66 bits per heavy atom. The summed E-state index contributed by atoms with van der Waals surface area (Å²) in [6.07, 6.45) is -4.77. The molecular formula is C25H24F3N5O4S. The Morgan fingerprint density at radius 1 is 0.974 bits per heavy atom. The Morgan fingerprint density at radius 3 is 2.32 bits per heavy atom. The molecule has 38 heavy (non-hydrogen) atoms. The average molecular weight is 548 g/mol. The van der Waals surface area contributed by atoms with Gasteiger partial charge in [0.15, 0.2) is 0 Å². The third-order valence-corrected chi connectivity index (χ3v) is 7.12. The highest BCUT2D eigenvalue weighted by Gasteiger charge is 2.52. The third kappa shape index (κ3) is 5.02. The summed E-state index contributed by atoms with van der Waals surface area (Å²) in [5, 5.41) is 8.30. The Kier molecular flexibility index (Phi) is 6.62. The average Bonchev–Trinajstić information content (AvgIpc) is 2.99. The van der Waals surface area contributed by atoms with Crippen molar-refractivity contribution in [2.75, 3.05) is 16.0 Å². The summed E-state index contributed by atoms with van der Waals surface area (Å²) in [6, 6.07) is 14.7. The van der Waals surface area contributed by atoms with Crippen LogP contribution in [0.15, 0.2) is 71.6 Å². The maximum atomic E-state index is 13.4. The number of urea groups is 1. The van der Waals surface area contributed by atoms with Gasteiger partial charge in [0, 0.05) is 17.1 Å². The van der Waals surface area contributed by atoms with E-state index in [1.807, 2.05) is 0 Å². The zero-order valence-corrected chi connectivity index (χ0v) is 21.1. The van der Waals surface area contributed by atoms with Crippen LogP contribution < -0.4 is 21.1 Å². The van der Waals surface area contributed by atoms with Crippen LogP contribution in [0.5, 0.6) is 0 Å². The maximum absolute atomic E-state index is 13.4. The predicted octanol–water partition coefficient (Wildman–Crippen LogP) is 4.43. The van der Waals surface area contributed by atoms with Gasteiger partial charge in [0.25, 0.3) is 5.91 Å². The number of para-hydroxylation sites is 1. The number of sulfonamides is 1. The van der Waals surface area contributed by atoms with E-state index in [4.69, 9.17) is 10.9 Å². The van der Waals surface area contributed by atoms with Gasteiger partial charge >= 0.3 is 12.2 Å². The number of imide groups is 1. The van der Waals surface area contributed by atoms with E-state index in [0.29, 0.717) is 27.9 Å². The van der Waals surface area contributed by atoms with E-state index in [0.717, 1.165) is 6.07 Å². The smallest absolute Gasteiger partial charge is 0.398 e. The number of primary sulfonamides is 1. The first-order valence-corrected chi connectivity index (χ1v) is 12.8. The van der Waals surface area contributed by atoms with Gasteiger partial charge in [-0.2, -0.15) is 13.2 Å². The van der Waals surface area contributed by atoms with Crippen LogP contribution in [0, 0.1) is 0 Å². The molecule has 0 radical (unpaired) electrons. The fraction of sp³-hybridized carbons (Fsp3) is 0.200. The van der Waals surface area contributed by atoms with Crippen LogP contribution in [0.25, 0.3) is 0 Å². The zero-order valence-electron chi connectivity index (χ0n) is 20.3. The molecule has 200 valence electrons. The lowest BCUT2D eigenvalue weighted by Crippen LogP contribution is -2.43. The number of carbonyl (C=O) groups excluding carboxylic acids is 2. The Hall–Kier alpha value is -4.10. The molecule has 1 fully saturated rings. The van der Waals surface area contributed by atoms with Crippen molar-refractivity contribution in [3.8, 4) is 0 Å². The van der Waals surface area contributed by atoms with Gasteiger partial charge in [-0.25, -0.2) is 23.3 Å². The molecule has 0 atom stereocenters. The van der Waals surface area contributed by atoms with Crippen LogP contribution in [0.4, 0.5) is 40.7 Å². The molecule has 4 rings (SSSR count). The lowest BCUT2D eigenvalue weighted by Gasteiger charge is -2.28. The minimum absolute atomic E-state index is 0.0762. The Bertz CT molecular complexity index is 1540. The number of nitrogens with zero attached hydrogens (tertiary/aromatic N) is 2. The van der Waals surface area contributed by atoms with Crippen LogP contribution in [-0.2, 0) is 27.5 Å². The van der Waals surface area contributed by atoms with Crippen LogP contribution in [0.2, 0.25) is 0 Å². The van der Waals surface area contributed by atoms with E-state index in [2.05, 4.69) is 5.32 Å². The van der Waals surface area contributed by atoms with E-state index >= 15 is 0 Å². The number of hydrogen-bond acceptors (Lipinski definition) is 6. The second kappa shape index (κ2) is 9.33. The zero-order chi connectivity index (χ0) is 28.0. The van der Waals surface area contributed by atoms with E-state index in [1.165, 1.54) is 43.0 Å². The molecule has 0 aromatic heterocycles. The van der Waals surface area contributed by atoms with Crippen molar-refractivity contribution in [2.24, 2.45) is 5.14 Å². The Labute approximate surface area is 216 Å². The number of alkyl halides is 3. The van der Waals surface area contributed by atoms with Crippen molar-refractivity contribution >= 4 is 44.7 Å². The highest BCUT2D eigenvalue weighted by molar-refractivity contribution is 7.89. The molecule has 1 heterocycles. The minimum Gasteiger partial charge on any atom is -0.398 e. The molecule has 1 saturated heterocycles. The standard InChI is InChI=1S/C25H24F3N5O4S/c1-24(2)22(34)33(17-10-11-20(29)19(13-17)25(26,27)28)23(35)32(24)14-15-6-3-4-9-21(15)31-16-7-5-8-18(12-16)38(30,36)37/h3-13,31H,14,29H2,1-2H3,(H2,30,36,37). The normalized spacial score (nSPS) is 15.7. The van der Waals surface area contributed by atoms with E-state index in [1.54, 1.807) is 30.3 Å². The lowest BCUT2D eigenvalue weighted by atomic mass is 10.0. The third-order valence-electron chi connectivity index (χ3n) is 6.21. The number of carbonyl (C=O) groups is 2. The number of anilines is 4. The highest BCUT2D eigenvalue weighted by atomic mass is 32.2. The summed E-state index contributed by atoms with van der Waals surface area (Å²) in [4.78, 5) is 28.5. The van der Waals surface area contributed by atoms with Gasteiger partial charge in [0.2, 0.25) is 10.0 Å². The SMILES string of the molecule is CC1(C)C(=O)N(c2ccc(N)c(C(F)(F)F)c2)C(=O)N1Cc1ccccc1Nc1cccc(S(N)(=O)=O)c1. The van der Waals surface area contributed by atoms with Crippen molar-refractivity contribution < 1.29 is 31.2 Å². The molecule has 0 spiro atoms. The molecule has 1 aliphatic heterocycles. The van der Waals surface area contributed by atoms with E-state index < -0.39 is 44.9 Å². The molecule has 0 bridgehead atoms. The van der Waals surface area contributed by atoms with Crippen LogP contribution in [0.3, 0.4) is 0 Å². The van der Waals surface area contributed by atoms with Crippen molar-refractivity contribution in [3.63, 3.8) is 0 Å². The highest BCUT2D eigenvalue weighted by Crippen LogP contribution is 2.39. The van der Waals surface area contributed by atoms with Crippen LogP contribution in [0.1, 0.15) is 25.0 Å². The predicted molar refractivity (Wildman–Crippen MR) is 136 cm³/mol. The number of rotatable bonds is 6. The summed E-state index contributed by atoms with van der Waals surface area (Å²) in [7, 11) is -3.94. The quantitative estimate of drug-likeness (QED) is 0.308. The molecule has 5 N–H and O–H groups in total. The van der Waals surface area contributed by atoms with Gasteiger partial charge < -0.3 is 16.0 Å². The van der Waals surface area contributed by atoms with Gasteiger partial charge in [-0.1, -0.05) is 24.3 Å². The largest absolute Gasteiger partial charge is 0.418 e. The van der Waals surface area contributed by atoms with Gasteiger partial charge in [-0.15, -0.1) is 0 Å². The van der Waals surface area contributed by atoms with Gasteiger partial charge in [0.1, 0.15) is 5.54 Å². The number of amides is 3. The molecule has 13 heteroatoms.